The molecule has 0 aromatic rings. The zero-order valence-corrected chi connectivity index (χ0v) is 17.4. The molecule has 0 aliphatic carbocycles. The molecule has 0 aromatic heterocycles. The first-order valence-electron chi connectivity index (χ1n) is 8.97. The molecule has 10 heteroatoms. The first-order chi connectivity index (χ1) is 12.5. The molecule has 2 fully saturated rings. The Bertz CT molecular complexity index is 463. The average Bonchev–Trinajstić information content (AvgIpc) is 2.98. The van der Waals surface area contributed by atoms with Gasteiger partial charge in [-0.2, -0.15) is 0 Å². The topological polar surface area (TPSA) is 177 Å². The molecule has 0 aromatic carbocycles. The third-order valence-electron chi connectivity index (χ3n) is 4.78. The van der Waals surface area contributed by atoms with Gasteiger partial charge in [-0.25, -0.2) is 4.79 Å². The molecule has 0 spiro atoms. The van der Waals surface area contributed by atoms with Crippen LogP contribution in [0.15, 0.2) is 0 Å². The Morgan fingerprint density at radius 2 is 1.29 bits per heavy atom. The molecule has 0 bridgehead atoms. The van der Waals surface area contributed by atoms with Gasteiger partial charge in [0.1, 0.15) is 12.2 Å². The van der Waals surface area contributed by atoms with E-state index in [4.69, 9.17) is 45.2 Å². The van der Waals surface area contributed by atoms with Gasteiger partial charge in [0.2, 0.25) is 0 Å². The third kappa shape index (κ3) is 7.53. The van der Waals surface area contributed by atoms with Crippen LogP contribution in [0.1, 0.15) is 41.5 Å². The van der Waals surface area contributed by atoms with E-state index in [9.17, 15) is 4.79 Å². The van der Waals surface area contributed by atoms with E-state index in [0.717, 1.165) is 0 Å². The summed E-state index contributed by atoms with van der Waals surface area (Å²) in [7, 11) is 0. The summed E-state index contributed by atoms with van der Waals surface area (Å²) in [5.41, 5.74) is -1.55. The van der Waals surface area contributed by atoms with Crippen molar-refractivity contribution in [2.24, 2.45) is 16.2 Å². The molecule has 5 atom stereocenters. The van der Waals surface area contributed by atoms with E-state index in [2.05, 4.69) is 0 Å². The Kier molecular flexibility index (Phi) is 9.95. The normalized spacial score (nSPS) is 31.9. The number of carboxylic acids is 1. The molecule has 10 nitrogen and oxygen atoms in total. The smallest absolute Gasteiger partial charge is 0.333 e. The van der Waals surface area contributed by atoms with Crippen molar-refractivity contribution < 1.29 is 50.0 Å². The second-order valence-corrected chi connectivity index (χ2v) is 9.16. The van der Waals surface area contributed by atoms with Crippen LogP contribution < -0.4 is 0 Å². The Morgan fingerprint density at radius 1 is 0.964 bits per heavy atom. The summed E-state index contributed by atoms with van der Waals surface area (Å²) in [6, 6.07) is 0. The lowest BCUT2D eigenvalue weighted by atomic mass is 9.88. The van der Waals surface area contributed by atoms with Gasteiger partial charge >= 0.3 is 5.97 Å². The van der Waals surface area contributed by atoms with E-state index in [1.54, 1.807) is 0 Å². The van der Waals surface area contributed by atoms with Gasteiger partial charge in [-0.05, 0) is 0 Å². The fraction of sp³-hybridized carbons (Fsp3) is 0.944. The van der Waals surface area contributed by atoms with Crippen LogP contribution >= 0.6 is 0 Å². The number of aliphatic hydroxyl groups is 6. The molecule has 28 heavy (non-hydrogen) atoms. The number of rotatable bonds is 3. The molecule has 0 radical (unpaired) electrons. The molecule has 2 rings (SSSR count). The molecular weight excluding hydrogens is 376 g/mol. The van der Waals surface area contributed by atoms with E-state index >= 15 is 0 Å². The Hall–Kier alpha value is -0.850. The largest absolute Gasteiger partial charge is 0.479 e. The highest BCUT2D eigenvalue weighted by molar-refractivity contribution is 5.72. The first kappa shape index (κ1) is 27.1. The number of ether oxygens (including phenoxy) is 2. The van der Waals surface area contributed by atoms with Crippen molar-refractivity contribution in [3.63, 3.8) is 0 Å². The number of carbonyl (C=O) groups is 1. The van der Waals surface area contributed by atoms with Crippen molar-refractivity contribution >= 4 is 5.97 Å². The summed E-state index contributed by atoms with van der Waals surface area (Å²) in [5.74, 6) is -1.31. The van der Waals surface area contributed by atoms with Crippen molar-refractivity contribution in [3.8, 4) is 0 Å². The minimum atomic E-state index is -1.50. The van der Waals surface area contributed by atoms with Gasteiger partial charge in [0.15, 0.2) is 18.7 Å². The summed E-state index contributed by atoms with van der Waals surface area (Å²) in [5, 5.41) is 61.8. The second kappa shape index (κ2) is 10.3. The van der Waals surface area contributed by atoms with Gasteiger partial charge in [0, 0.05) is 16.2 Å². The number of hydrogen-bond acceptors (Lipinski definition) is 9. The minimum absolute atomic E-state index is 0.292. The van der Waals surface area contributed by atoms with Crippen molar-refractivity contribution in [2.45, 2.75) is 72.4 Å². The summed E-state index contributed by atoms with van der Waals surface area (Å²) in [6.45, 7) is 10.9. The lowest BCUT2D eigenvalue weighted by Gasteiger charge is -2.24. The molecule has 2 heterocycles. The van der Waals surface area contributed by atoms with Crippen molar-refractivity contribution in [3.05, 3.63) is 0 Å². The predicted molar refractivity (Wildman–Crippen MR) is 98.0 cm³/mol. The van der Waals surface area contributed by atoms with E-state index in [-0.39, 0.29) is 17.4 Å². The average molecular weight is 412 g/mol. The Labute approximate surface area is 165 Å². The molecule has 2 saturated heterocycles. The first-order valence-corrected chi connectivity index (χ1v) is 8.97. The monoisotopic (exact) mass is 412 g/mol. The molecule has 2 aliphatic heterocycles. The van der Waals surface area contributed by atoms with Crippen molar-refractivity contribution in [1.29, 1.82) is 0 Å². The van der Waals surface area contributed by atoms with Crippen LogP contribution in [0, 0.1) is 16.2 Å². The molecule has 168 valence electrons. The summed E-state index contributed by atoms with van der Waals surface area (Å²) >= 11 is 0. The highest BCUT2D eigenvalue weighted by Crippen LogP contribution is 2.31. The number of hydrogen-bond donors (Lipinski definition) is 7. The van der Waals surface area contributed by atoms with Gasteiger partial charge in [-0.1, -0.05) is 41.5 Å². The zero-order chi connectivity index (χ0) is 22.5. The van der Waals surface area contributed by atoms with E-state index < -0.39 is 42.3 Å². The molecule has 0 saturated carbocycles. The standard InChI is InChI=1S/C6H12O4.2C6H12O3/c1-6(2,3-7)4(8)5(9)10;2*1-6(2)3-9-5(8)4(6)7/h4,7-8H,3H2,1-2H3,(H,9,10);2*4-5,7-8H,3H2,1-2H3/t4-;2*4?,5-/m000/s1. The molecule has 7 N–H and O–H groups in total. The third-order valence-corrected chi connectivity index (χ3v) is 4.78. The molecular formula is C18H36O10. The maximum atomic E-state index is 10.1. The zero-order valence-electron chi connectivity index (χ0n) is 17.4. The van der Waals surface area contributed by atoms with Crippen LogP contribution in [0.2, 0.25) is 0 Å². The summed E-state index contributed by atoms with van der Waals surface area (Å²) in [6.07, 6.45) is -4.95. The van der Waals surface area contributed by atoms with Crippen LogP contribution in [0.4, 0.5) is 0 Å². The van der Waals surface area contributed by atoms with E-state index in [0.29, 0.717) is 13.2 Å². The Morgan fingerprint density at radius 3 is 1.36 bits per heavy atom. The summed E-state index contributed by atoms with van der Waals surface area (Å²) < 4.78 is 9.57. The quantitative estimate of drug-likeness (QED) is 0.301. The SMILES string of the molecule is CC(C)(CO)[C@@H](O)C(=O)O.CC1(C)CO[C@H](O)C1O.CC1(C)CO[C@H](O)C1O. The number of carboxylic acid groups (broad SMARTS) is 1. The van der Waals surface area contributed by atoms with Crippen LogP contribution in [0.25, 0.3) is 0 Å². The van der Waals surface area contributed by atoms with Crippen molar-refractivity contribution in [1.82, 2.24) is 0 Å². The number of aliphatic carboxylic acids is 1. The van der Waals surface area contributed by atoms with Crippen LogP contribution in [-0.2, 0) is 14.3 Å². The minimum Gasteiger partial charge on any atom is -0.479 e. The van der Waals surface area contributed by atoms with Gasteiger partial charge in [-0.3, -0.25) is 0 Å². The van der Waals surface area contributed by atoms with E-state index in [1.807, 2.05) is 27.7 Å². The predicted octanol–water partition coefficient (Wildman–Crippen LogP) is -1.11. The fourth-order valence-electron chi connectivity index (χ4n) is 2.15. The highest BCUT2D eigenvalue weighted by atomic mass is 16.6. The highest BCUT2D eigenvalue weighted by Gasteiger charge is 2.41. The van der Waals surface area contributed by atoms with Gasteiger partial charge in [0.05, 0.1) is 19.8 Å². The molecule has 0 amide bonds. The maximum Gasteiger partial charge on any atom is 0.333 e. The summed E-state index contributed by atoms with van der Waals surface area (Å²) in [4.78, 5) is 10.1. The molecule has 2 aliphatic rings. The van der Waals surface area contributed by atoms with E-state index in [1.165, 1.54) is 13.8 Å². The van der Waals surface area contributed by atoms with Gasteiger partial charge in [-0.15, -0.1) is 0 Å². The van der Waals surface area contributed by atoms with Crippen LogP contribution in [0.3, 0.4) is 0 Å². The number of aliphatic hydroxyl groups excluding tert-OH is 6. The van der Waals surface area contributed by atoms with Gasteiger partial charge in [0.25, 0.3) is 0 Å². The van der Waals surface area contributed by atoms with Crippen LogP contribution in [-0.4, -0.2) is 92.4 Å². The van der Waals surface area contributed by atoms with Gasteiger partial charge < -0.3 is 45.2 Å². The maximum absolute atomic E-state index is 10.1. The Balaban J connectivity index is 0.000000391. The lowest BCUT2D eigenvalue weighted by Crippen LogP contribution is -2.38. The fourth-order valence-corrected chi connectivity index (χ4v) is 2.15. The lowest BCUT2D eigenvalue weighted by molar-refractivity contribution is -0.154. The van der Waals surface area contributed by atoms with Crippen molar-refractivity contribution in [2.75, 3.05) is 19.8 Å². The second-order valence-electron chi connectivity index (χ2n) is 9.16. The molecule has 2 unspecified atom stereocenters. The van der Waals surface area contributed by atoms with Crippen LogP contribution in [0.5, 0.6) is 0 Å².